The number of carbonyl (C=O) groups excluding carboxylic acids is 1. The van der Waals surface area contributed by atoms with E-state index >= 15 is 0 Å². The van der Waals surface area contributed by atoms with Crippen molar-refractivity contribution in [2.24, 2.45) is 11.3 Å². The molecule has 1 aromatic heterocycles. The summed E-state index contributed by atoms with van der Waals surface area (Å²) in [6.45, 7) is 2.51. The minimum absolute atomic E-state index is 0.147. The van der Waals surface area contributed by atoms with Gasteiger partial charge in [0, 0.05) is 23.1 Å². The predicted octanol–water partition coefficient (Wildman–Crippen LogP) is 3.05. The molecule has 126 valence electrons. The summed E-state index contributed by atoms with van der Waals surface area (Å²) in [6.07, 6.45) is 3.25. The van der Waals surface area contributed by atoms with Gasteiger partial charge in [-0.2, -0.15) is 0 Å². The lowest BCUT2D eigenvalue weighted by Gasteiger charge is -2.23. The first kappa shape index (κ1) is 15.6. The number of thiazole rings is 1. The van der Waals surface area contributed by atoms with E-state index in [-0.39, 0.29) is 17.2 Å². The molecule has 2 N–H and O–H groups in total. The zero-order valence-electron chi connectivity index (χ0n) is 13.5. The fourth-order valence-electron chi connectivity index (χ4n) is 3.55. The van der Waals surface area contributed by atoms with Crippen LogP contribution in [0.25, 0.3) is 0 Å². The van der Waals surface area contributed by atoms with Crippen LogP contribution in [0.2, 0.25) is 0 Å². The van der Waals surface area contributed by atoms with E-state index in [1.165, 1.54) is 0 Å². The van der Waals surface area contributed by atoms with E-state index < -0.39 is 0 Å². The van der Waals surface area contributed by atoms with Crippen molar-refractivity contribution in [1.82, 2.24) is 10.3 Å². The van der Waals surface area contributed by atoms with Crippen LogP contribution in [-0.4, -0.2) is 24.0 Å². The number of carbonyl (C=O) groups is 1. The summed E-state index contributed by atoms with van der Waals surface area (Å²) < 4.78 is 5.74. The van der Waals surface area contributed by atoms with Gasteiger partial charge < -0.3 is 15.4 Å². The van der Waals surface area contributed by atoms with Crippen molar-refractivity contribution in [2.75, 3.05) is 18.4 Å². The van der Waals surface area contributed by atoms with Gasteiger partial charge in [0.1, 0.15) is 12.4 Å². The SMILES string of the molecule is O=C(Nc1cccc(OCc2cscn2)c1)C1CC12CCNCC2. The highest BCUT2D eigenvalue weighted by Crippen LogP contribution is 2.58. The molecule has 0 bridgehead atoms. The molecule has 1 aromatic carbocycles. The summed E-state index contributed by atoms with van der Waals surface area (Å²) in [7, 11) is 0. The van der Waals surface area contributed by atoms with Crippen molar-refractivity contribution in [3.8, 4) is 5.75 Å². The van der Waals surface area contributed by atoms with Crippen molar-refractivity contribution in [2.45, 2.75) is 25.9 Å². The molecule has 1 aliphatic heterocycles. The van der Waals surface area contributed by atoms with Crippen molar-refractivity contribution in [1.29, 1.82) is 0 Å². The number of aromatic nitrogens is 1. The third-order valence-corrected chi connectivity index (χ3v) is 5.71. The smallest absolute Gasteiger partial charge is 0.228 e. The first-order chi connectivity index (χ1) is 11.8. The van der Waals surface area contributed by atoms with Crippen LogP contribution in [-0.2, 0) is 11.4 Å². The Balaban J connectivity index is 1.35. The maximum absolute atomic E-state index is 12.5. The highest BCUT2D eigenvalue weighted by molar-refractivity contribution is 7.07. The minimum Gasteiger partial charge on any atom is -0.487 e. The number of rotatable bonds is 5. The second-order valence-corrected chi connectivity index (χ2v) is 7.37. The molecular weight excluding hydrogens is 322 g/mol. The number of piperidine rings is 1. The fraction of sp³-hybridized carbons (Fsp3) is 0.444. The van der Waals surface area contributed by atoms with E-state index in [9.17, 15) is 4.79 Å². The molecule has 0 radical (unpaired) electrons. The Morgan fingerprint density at radius 1 is 1.42 bits per heavy atom. The zero-order chi connectivity index (χ0) is 16.4. The zero-order valence-corrected chi connectivity index (χ0v) is 14.3. The number of nitrogens with one attached hydrogen (secondary N) is 2. The summed E-state index contributed by atoms with van der Waals surface area (Å²) in [6, 6.07) is 7.58. The predicted molar refractivity (Wildman–Crippen MR) is 94.2 cm³/mol. The third-order valence-electron chi connectivity index (χ3n) is 5.08. The molecule has 2 aromatic rings. The van der Waals surface area contributed by atoms with Gasteiger partial charge in [-0.05, 0) is 49.9 Å². The molecule has 2 heterocycles. The molecule has 1 saturated carbocycles. The Kier molecular flexibility index (Phi) is 4.24. The number of amides is 1. The first-order valence-corrected chi connectivity index (χ1v) is 9.31. The summed E-state index contributed by atoms with van der Waals surface area (Å²) in [5, 5.41) is 8.40. The summed E-state index contributed by atoms with van der Waals surface area (Å²) in [5.74, 6) is 1.06. The van der Waals surface area contributed by atoms with Gasteiger partial charge in [0.25, 0.3) is 0 Å². The van der Waals surface area contributed by atoms with Crippen LogP contribution in [0.1, 0.15) is 25.0 Å². The average Bonchev–Trinajstić information content (AvgIpc) is 3.05. The first-order valence-electron chi connectivity index (χ1n) is 8.37. The van der Waals surface area contributed by atoms with Crippen LogP contribution in [0, 0.1) is 11.3 Å². The lowest BCUT2D eigenvalue weighted by atomic mass is 9.92. The van der Waals surface area contributed by atoms with Crippen LogP contribution in [0.5, 0.6) is 5.75 Å². The Hall–Kier alpha value is -1.92. The van der Waals surface area contributed by atoms with Crippen LogP contribution in [0.15, 0.2) is 35.2 Å². The maximum Gasteiger partial charge on any atom is 0.228 e. The molecule has 1 spiro atoms. The standard InChI is InChI=1S/C18H21N3O2S/c22-17(16-9-18(16)4-6-19-7-5-18)21-13-2-1-3-15(8-13)23-10-14-11-24-12-20-14/h1-3,8,11-12,16,19H,4-7,9-10H2,(H,21,22). The quantitative estimate of drug-likeness (QED) is 0.876. The van der Waals surface area contributed by atoms with E-state index in [1.807, 2.05) is 29.6 Å². The van der Waals surface area contributed by atoms with E-state index in [4.69, 9.17) is 4.74 Å². The number of hydrogen-bond acceptors (Lipinski definition) is 5. The van der Waals surface area contributed by atoms with Gasteiger partial charge in [0.15, 0.2) is 0 Å². The minimum atomic E-state index is 0.147. The van der Waals surface area contributed by atoms with Crippen molar-refractivity contribution >= 4 is 22.9 Å². The van der Waals surface area contributed by atoms with Gasteiger partial charge >= 0.3 is 0 Å². The Morgan fingerprint density at radius 2 is 2.29 bits per heavy atom. The Morgan fingerprint density at radius 3 is 3.08 bits per heavy atom. The number of anilines is 1. The normalized spacial score (nSPS) is 21.4. The second-order valence-electron chi connectivity index (χ2n) is 6.65. The number of benzene rings is 1. The monoisotopic (exact) mass is 343 g/mol. The second kappa shape index (κ2) is 6.53. The number of ether oxygens (including phenoxy) is 1. The largest absolute Gasteiger partial charge is 0.487 e. The van der Waals surface area contributed by atoms with Gasteiger partial charge in [-0.15, -0.1) is 11.3 Å². The van der Waals surface area contributed by atoms with Gasteiger partial charge in [-0.1, -0.05) is 6.07 Å². The third kappa shape index (κ3) is 3.30. The highest BCUT2D eigenvalue weighted by atomic mass is 32.1. The van der Waals surface area contributed by atoms with Crippen molar-refractivity contribution in [3.05, 3.63) is 40.8 Å². The van der Waals surface area contributed by atoms with Crippen LogP contribution in [0.3, 0.4) is 0 Å². The maximum atomic E-state index is 12.5. The molecule has 4 rings (SSSR count). The molecule has 1 saturated heterocycles. The lowest BCUT2D eigenvalue weighted by molar-refractivity contribution is -0.118. The van der Waals surface area contributed by atoms with Crippen LogP contribution < -0.4 is 15.4 Å². The lowest BCUT2D eigenvalue weighted by Crippen LogP contribution is -2.31. The van der Waals surface area contributed by atoms with Crippen molar-refractivity contribution < 1.29 is 9.53 Å². The molecule has 5 nitrogen and oxygen atoms in total. The molecule has 2 aliphatic rings. The molecule has 1 unspecified atom stereocenters. The van der Waals surface area contributed by atoms with Gasteiger partial charge in [-0.3, -0.25) is 4.79 Å². The van der Waals surface area contributed by atoms with Crippen LogP contribution in [0.4, 0.5) is 5.69 Å². The van der Waals surface area contributed by atoms with E-state index in [0.29, 0.717) is 6.61 Å². The summed E-state index contributed by atoms with van der Waals surface area (Å²) >= 11 is 1.55. The summed E-state index contributed by atoms with van der Waals surface area (Å²) in [5.41, 5.74) is 3.77. The summed E-state index contributed by atoms with van der Waals surface area (Å²) in [4.78, 5) is 16.7. The molecule has 1 aliphatic carbocycles. The van der Waals surface area contributed by atoms with E-state index in [0.717, 1.165) is 49.5 Å². The molecule has 2 fully saturated rings. The van der Waals surface area contributed by atoms with Gasteiger partial charge in [0.05, 0.1) is 11.2 Å². The van der Waals surface area contributed by atoms with Crippen LogP contribution >= 0.6 is 11.3 Å². The van der Waals surface area contributed by atoms with E-state index in [2.05, 4.69) is 15.6 Å². The average molecular weight is 343 g/mol. The van der Waals surface area contributed by atoms with E-state index in [1.54, 1.807) is 16.8 Å². The Labute approximate surface area is 145 Å². The Bertz CT molecular complexity index is 711. The molecule has 1 amide bonds. The fourth-order valence-corrected chi connectivity index (χ4v) is 4.10. The molecule has 24 heavy (non-hydrogen) atoms. The molecule has 1 atom stereocenters. The molecular formula is C18H21N3O2S. The molecule has 6 heteroatoms. The van der Waals surface area contributed by atoms with Gasteiger partial charge in [-0.25, -0.2) is 4.98 Å². The number of nitrogens with zero attached hydrogens (tertiary/aromatic N) is 1. The number of hydrogen-bond donors (Lipinski definition) is 2. The van der Waals surface area contributed by atoms with Gasteiger partial charge in [0.2, 0.25) is 5.91 Å². The van der Waals surface area contributed by atoms with Crippen molar-refractivity contribution in [3.63, 3.8) is 0 Å². The highest BCUT2D eigenvalue weighted by Gasteiger charge is 2.57. The topological polar surface area (TPSA) is 63.2 Å².